The van der Waals surface area contributed by atoms with Crippen LogP contribution in [0.5, 0.6) is 11.6 Å². The molecule has 3 rings (SSSR count). The maximum atomic E-state index is 9.59. The number of aryl methyl sites for hydroxylation is 2. The molecule has 0 amide bonds. The Labute approximate surface area is 119 Å². The standard InChI is InChI=1S/C17H19NO2/c1-12(19)14-8-9-18-17(11-14)20-16-7-6-13-4-2-3-5-15(13)10-16/h6-12,19H,2-5H2,1H3/t12-/m0/s1. The van der Waals surface area contributed by atoms with Gasteiger partial charge in [-0.25, -0.2) is 4.98 Å². The van der Waals surface area contributed by atoms with Gasteiger partial charge in [-0.05, 0) is 67.5 Å². The number of pyridine rings is 1. The summed E-state index contributed by atoms with van der Waals surface area (Å²) in [4.78, 5) is 4.20. The van der Waals surface area contributed by atoms with Crippen molar-refractivity contribution in [3.63, 3.8) is 0 Å². The number of hydrogen-bond acceptors (Lipinski definition) is 3. The van der Waals surface area contributed by atoms with Gasteiger partial charge < -0.3 is 9.84 Å². The van der Waals surface area contributed by atoms with Crippen molar-refractivity contribution < 1.29 is 9.84 Å². The molecule has 0 saturated heterocycles. The van der Waals surface area contributed by atoms with Crippen LogP contribution in [-0.2, 0) is 12.8 Å². The summed E-state index contributed by atoms with van der Waals surface area (Å²) in [7, 11) is 0. The molecule has 0 spiro atoms. The number of hydrogen-bond donors (Lipinski definition) is 1. The van der Waals surface area contributed by atoms with Gasteiger partial charge >= 0.3 is 0 Å². The minimum Gasteiger partial charge on any atom is -0.439 e. The number of aromatic nitrogens is 1. The van der Waals surface area contributed by atoms with Gasteiger partial charge in [0.05, 0.1) is 6.10 Å². The molecule has 1 aliphatic rings. The van der Waals surface area contributed by atoms with Crippen LogP contribution in [0.25, 0.3) is 0 Å². The second-order valence-corrected chi connectivity index (χ2v) is 5.34. The predicted molar refractivity (Wildman–Crippen MR) is 78.0 cm³/mol. The summed E-state index contributed by atoms with van der Waals surface area (Å²) in [5.74, 6) is 1.35. The van der Waals surface area contributed by atoms with E-state index in [4.69, 9.17) is 4.74 Å². The number of fused-ring (bicyclic) bond motifs is 1. The summed E-state index contributed by atoms with van der Waals surface area (Å²) < 4.78 is 5.81. The molecule has 1 aliphatic carbocycles. The molecule has 1 atom stereocenters. The fraction of sp³-hybridized carbons (Fsp3) is 0.353. The fourth-order valence-electron chi connectivity index (χ4n) is 2.63. The molecule has 104 valence electrons. The molecular weight excluding hydrogens is 250 g/mol. The number of rotatable bonds is 3. The fourth-order valence-corrected chi connectivity index (χ4v) is 2.63. The van der Waals surface area contributed by atoms with Crippen LogP contribution in [0, 0.1) is 0 Å². The first-order chi connectivity index (χ1) is 9.72. The second-order valence-electron chi connectivity index (χ2n) is 5.34. The van der Waals surface area contributed by atoms with Crippen LogP contribution in [-0.4, -0.2) is 10.1 Å². The van der Waals surface area contributed by atoms with Crippen molar-refractivity contribution in [2.45, 2.75) is 38.7 Å². The van der Waals surface area contributed by atoms with E-state index >= 15 is 0 Å². The highest BCUT2D eigenvalue weighted by Gasteiger charge is 2.11. The number of nitrogens with zero attached hydrogens (tertiary/aromatic N) is 1. The molecule has 1 heterocycles. The minimum atomic E-state index is -0.510. The normalized spacial score (nSPS) is 15.5. The summed E-state index contributed by atoms with van der Waals surface area (Å²) in [6.07, 6.45) is 6.00. The van der Waals surface area contributed by atoms with Crippen molar-refractivity contribution in [3.8, 4) is 11.6 Å². The highest BCUT2D eigenvalue weighted by atomic mass is 16.5. The molecule has 20 heavy (non-hydrogen) atoms. The lowest BCUT2D eigenvalue weighted by atomic mass is 9.92. The first kappa shape index (κ1) is 13.1. The number of benzene rings is 1. The number of ether oxygens (including phenoxy) is 1. The average molecular weight is 269 g/mol. The number of aliphatic hydroxyl groups excluding tert-OH is 1. The molecule has 0 unspecified atom stereocenters. The average Bonchev–Trinajstić information content (AvgIpc) is 2.47. The molecular formula is C17H19NO2. The minimum absolute atomic E-state index is 0.510. The van der Waals surface area contributed by atoms with E-state index in [0.29, 0.717) is 5.88 Å². The lowest BCUT2D eigenvalue weighted by Gasteiger charge is -2.16. The van der Waals surface area contributed by atoms with Crippen LogP contribution < -0.4 is 4.74 Å². The molecule has 1 aromatic carbocycles. The quantitative estimate of drug-likeness (QED) is 0.921. The maximum absolute atomic E-state index is 9.59. The van der Waals surface area contributed by atoms with Crippen LogP contribution in [0.3, 0.4) is 0 Å². The van der Waals surface area contributed by atoms with Crippen molar-refractivity contribution in [1.29, 1.82) is 0 Å². The Kier molecular flexibility index (Phi) is 3.70. The SMILES string of the molecule is C[C@H](O)c1ccnc(Oc2ccc3c(c2)CCCC3)c1. The summed E-state index contributed by atoms with van der Waals surface area (Å²) >= 11 is 0. The molecule has 3 heteroatoms. The molecule has 0 fully saturated rings. The Hall–Kier alpha value is -1.87. The van der Waals surface area contributed by atoms with E-state index in [9.17, 15) is 5.11 Å². The molecule has 2 aromatic rings. The Morgan fingerprint density at radius 3 is 2.70 bits per heavy atom. The van der Waals surface area contributed by atoms with Crippen molar-refractivity contribution in [2.75, 3.05) is 0 Å². The monoisotopic (exact) mass is 269 g/mol. The Morgan fingerprint density at radius 1 is 1.10 bits per heavy atom. The van der Waals surface area contributed by atoms with E-state index in [-0.39, 0.29) is 0 Å². The van der Waals surface area contributed by atoms with E-state index in [1.807, 2.05) is 6.07 Å². The molecule has 1 aromatic heterocycles. The van der Waals surface area contributed by atoms with Gasteiger partial charge in [0, 0.05) is 12.3 Å². The molecule has 0 saturated carbocycles. The lowest BCUT2D eigenvalue weighted by molar-refractivity contribution is 0.198. The van der Waals surface area contributed by atoms with Crippen LogP contribution in [0.4, 0.5) is 0 Å². The van der Waals surface area contributed by atoms with Crippen molar-refractivity contribution in [2.24, 2.45) is 0 Å². The zero-order chi connectivity index (χ0) is 13.9. The maximum Gasteiger partial charge on any atom is 0.219 e. The van der Waals surface area contributed by atoms with E-state index in [1.165, 1.54) is 30.4 Å². The van der Waals surface area contributed by atoms with E-state index < -0.39 is 6.10 Å². The molecule has 1 N–H and O–H groups in total. The van der Waals surface area contributed by atoms with E-state index in [1.54, 1.807) is 25.3 Å². The number of aliphatic hydroxyl groups is 1. The van der Waals surface area contributed by atoms with Crippen molar-refractivity contribution >= 4 is 0 Å². The van der Waals surface area contributed by atoms with Gasteiger partial charge in [-0.15, -0.1) is 0 Å². The third-order valence-corrected chi connectivity index (χ3v) is 3.78. The van der Waals surface area contributed by atoms with Gasteiger partial charge in [-0.2, -0.15) is 0 Å². The third-order valence-electron chi connectivity index (χ3n) is 3.78. The van der Waals surface area contributed by atoms with Crippen molar-refractivity contribution in [1.82, 2.24) is 4.98 Å². The van der Waals surface area contributed by atoms with Gasteiger partial charge in [-0.1, -0.05) is 6.07 Å². The van der Waals surface area contributed by atoms with Gasteiger partial charge in [0.1, 0.15) is 5.75 Å². The Balaban J connectivity index is 1.82. The van der Waals surface area contributed by atoms with E-state index in [0.717, 1.165) is 17.7 Å². The van der Waals surface area contributed by atoms with Crippen LogP contribution in [0.2, 0.25) is 0 Å². The first-order valence-electron chi connectivity index (χ1n) is 7.16. The smallest absolute Gasteiger partial charge is 0.219 e. The Morgan fingerprint density at radius 2 is 1.90 bits per heavy atom. The molecule has 0 radical (unpaired) electrons. The summed E-state index contributed by atoms with van der Waals surface area (Å²) in [6.45, 7) is 1.73. The molecule has 0 bridgehead atoms. The largest absolute Gasteiger partial charge is 0.439 e. The van der Waals surface area contributed by atoms with Crippen LogP contribution in [0.15, 0.2) is 36.5 Å². The third kappa shape index (κ3) is 2.83. The lowest BCUT2D eigenvalue weighted by Crippen LogP contribution is -2.02. The van der Waals surface area contributed by atoms with Crippen molar-refractivity contribution in [3.05, 3.63) is 53.2 Å². The van der Waals surface area contributed by atoms with Crippen LogP contribution >= 0.6 is 0 Å². The van der Waals surface area contributed by atoms with Gasteiger partial charge in [-0.3, -0.25) is 0 Å². The first-order valence-corrected chi connectivity index (χ1v) is 7.16. The topological polar surface area (TPSA) is 42.4 Å². The summed E-state index contributed by atoms with van der Waals surface area (Å²) in [6, 6.07) is 9.85. The summed E-state index contributed by atoms with van der Waals surface area (Å²) in [5.41, 5.74) is 3.64. The van der Waals surface area contributed by atoms with Gasteiger partial charge in [0.2, 0.25) is 5.88 Å². The zero-order valence-corrected chi connectivity index (χ0v) is 11.7. The van der Waals surface area contributed by atoms with Gasteiger partial charge in [0.25, 0.3) is 0 Å². The second kappa shape index (κ2) is 5.63. The highest BCUT2D eigenvalue weighted by Crippen LogP contribution is 2.28. The summed E-state index contributed by atoms with van der Waals surface area (Å²) in [5, 5.41) is 9.59. The van der Waals surface area contributed by atoms with Crippen LogP contribution in [0.1, 0.15) is 42.6 Å². The van der Waals surface area contributed by atoms with E-state index in [2.05, 4.69) is 17.1 Å². The zero-order valence-electron chi connectivity index (χ0n) is 11.7. The molecule has 3 nitrogen and oxygen atoms in total. The molecule has 0 aliphatic heterocycles. The predicted octanol–water partition coefficient (Wildman–Crippen LogP) is 3.81. The van der Waals surface area contributed by atoms with Gasteiger partial charge in [0.15, 0.2) is 0 Å². The highest BCUT2D eigenvalue weighted by molar-refractivity contribution is 5.39. The Bertz CT molecular complexity index is 608.